The molecule has 2 atom stereocenters. The first-order valence-electron chi connectivity index (χ1n) is 6.06. The van der Waals surface area contributed by atoms with Crippen molar-refractivity contribution in [3.05, 3.63) is 24.3 Å². The Hall–Kier alpha value is -1.55. The lowest BCUT2D eigenvalue weighted by Gasteiger charge is -2.18. The molecule has 1 N–H and O–H groups in total. The zero-order valence-electron chi connectivity index (χ0n) is 9.85. The van der Waals surface area contributed by atoms with Gasteiger partial charge in [0.15, 0.2) is 5.58 Å². The van der Waals surface area contributed by atoms with E-state index in [-0.39, 0.29) is 12.1 Å². The van der Waals surface area contributed by atoms with Gasteiger partial charge in [0.1, 0.15) is 5.52 Å². The summed E-state index contributed by atoms with van der Waals surface area (Å²) in [6.07, 6.45) is 2.52. The Labute approximate surface area is 100.0 Å². The van der Waals surface area contributed by atoms with E-state index in [1.165, 1.54) is 0 Å². The van der Waals surface area contributed by atoms with E-state index < -0.39 is 0 Å². The first-order chi connectivity index (χ1) is 8.33. The highest BCUT2D eigenvalue weighted by Gasteiger charge is 2.23. The molecule has 0 amide bonds. The second kappa shape index (κ2) is 4.37. The highest BCUT2D eigenvalue weighted by molar-refractivity contribution is 5.74. The lowest BCUT2D eigenvalue weighted by Crippen LogP contribution is -2.30. The van der Waals surface area contributed by atoms with Crippen LogP contribution in [0.25, 0.3) is 11.1 Å². The summed E-state index contributed by atoms with van der Waals surface area (Å²) in [5.74, 6) is 0. The third kappa shape index (κ3) is 2.13. The number of benzene rings is 1. The summed E-state index contributed by atoms with van der Waals surface area (Å²) in [4.78, 5) is 4.39. The van der Waals surface area contributed by atoms with Crippen LogP contribution in [0.4, 0.5) is 6.01 Å². The van der Waals surface area contributed by atoms with E-state index in [0.29, 0.717) is 6.01 Å². The fourth-order valence-corrected chi connectivity index (χ4v) is 2.22. The molecule has 1 saturated heterocycles. The Kier molecular flexibility index (Phi) is 2.73. The third-order valence-corrected chi connectivity index (χ3v) is 3.17. The van der Waals surface area contributed by atoms with Crippen molar-refractivity contribution < 1.29 is 9.15 Å². The zero-order chi connectivity index (χ0) is 11.7. The lowest BCUT2D eigenvalue weighted by atomic mass is 10.1. The van der Waals surface area contributed by atoms with Crippen LogP contribution < -0.4 is 5.32 Å². The van der Waals surface area contributed by atoms with Crippen molar-refractivity contribution in [2.75, 3.05) is 11.9 Å². The molecular weight excluding hydrogens is 216 g/mol. The maximum absolute atomic E-state index is 5.63. The Morgan fingerprint density at radius 1 is 1.41 bits per heavy atom. The summed E-state index contributed by atoms with van der Waals surface area (Å²) < 4.78 is 11.2. The molecule has 0 spiro atoms. The van der Waals surface area contributed by atoms with Crippen molar-refractivity contribution in [3.63, 3.8) is 0 Å². The summed E-state index contributed by atoms with van der Waals surface area (Å²) in [5, 5.41) is 3.27. The summed E-state index contributed by atoms with van der Waals surface area (Å²) in [6.45, 7) is 2.97. The van der Waals surface area contributed by atoms with Crippen LogP contribution in [0.3, 0.4) is 0 Å². The average molecular weight is 232 g/mol. The van der Waals surface area contributed by atoms with E-state index >= 15 is 0 Å². The van der Waals surface area contributed by atoms with Gasteiger partial charge in [-0.25, -0.2) is 0 Å². The number of hydrogen-bond donors (Lipinski definition) is 1. The minimum Gasteiger partial charge on any atom is -0.424 e. The molecule has 0 unspecified atom stereocenters. The van der Waals surface area contributed by atoms with Crippen LogP contribution in [-0.4, -0.2) is 23.7 Å². The number of para-hydroxylation sites is 2. The Morgan fingerprint density at radius 2 is 2.29 bits per heavy atom. The maximum atomic E-state index is 5.63. The second-order valence-electron chi connectivity index (χ2n) is 4.47. The number of aromatic nitrogens is 1. The highest BCUT2D eigenvalue weighted by Crippen LogP contribution is 2.22. The first kappa shape index (κ1) is 10.6. The molecule has 0 radical (unpaired) electrons. The van der Waals surface area contributed by atoms with E-state index in [2.05, 4.69) is 17.2 Å². The van der Waals surface area contributed by atoms with Crippen LogP contribution in [0.5, 0.6) is 0 Å². The van der Waals surface area contributed by atoms with E-state index in [1.807, 2.05) is 24.3 Å². The fraction of sp³-hybridized carbons (Fsp3) is 0.462. The monoisotopic (exact) mass is 232 g/mol. The van der Waals surface area contributed by atoms with E-state index in [4.69, 9.17) is 9.15 Å². The molecule has 2 aromatic rings. The number of fused-ring (bicyclic) bond motifs is 1. The molecule has 1 aromatic carbocycles. The van der Waals surface area contributed by atoms with Crippen LogP contribution in [0.1, 0.15) is 19.8 Å². The Balaban J connectivity index is 1.75. The van der Waals surface area contributed by atoms with Crippen molar-refractivity contribution >= 4 is 17.1 Å². The second-order valence-corrected chi connectivity index (χ2v) is 4.47. The molecule has 2 heterocycles. The fourth-order valence-electron chi connectivity index (χ4n) is 2.22. The summed E-state index contributed by atoms with van der Waals surface area (Å²) in [7, 11) is 0. The normalized spacial score (nSPS) is 21.8. The van der Waals surface area contributed by atoms with Gasteiger partial charge in [-0.2, -0.15) is 4.98 Å². The number of oxazole rings is 1. The van der Waals surface area contributed by atoms with Crippen molar-refractivity contribution in [2.45, 2.75) is 31.9 Å². The molecule has 4 heteroatoms. The topological polar surface area (TPSA) is 47.3 Å². The number of anilines is 1. The van der Waals surface area contributed by atoms with Gasteiger partial charge in [0.25, 0.3) is 6.01 Å². The van der Waals surface area contributed by atoms with E-state index in [1.54, 1.807) is 0 Å². The highest BCUT2D eigenvalue weighted by atomic mass is 16.5. The smallest absolute Gasteiger partial charge is 0.295 e. The van der Waals surface area contributed by atoms with Gasteiger partial charge in [-0.1, -0.05) is 12.1 Å². The van der Waals surface area contributed by atoms with Crippen LogP contribution in [-0.2, 0) is 4.74 Å². The minimum atomic E-state index is 0.227. The minimum absolute atomic E-state index is 0.227. The SMILES string of the molecule is C[C@@H](Nc1nc2ccccc2o1)[C@@H]1CCCO1. The average Bonchev–Trinajstić information content (AvgIpc) is 2.97. The number of nitrogens with one attached hydrogen (secondary N) is 1. The maximum Gasteiger partial charge on any atom is 0.295 e. The molecule has 1 aliphatic rings. The van der Waals surface area contributed by atoms with Gasteiger partial charge >= 0.3 is 0 Å². The van der Waals surface area contributed by atoms with Gasteiger partial charge in [0.05, 0.1) is 12.1 Å². The van der Waals surface area contributed by atoms with Crippen LogP contribution >= 0.6 is 0 Å². The lowest BCUT2D eigenvalue weighted by molar-refractivity contribution is 0.0990. The molecule has 0 bridgehead atoms. The molecule has 17 heavy (non-hydrogen) atoms. The predicted octanol–water partition coefficient (Wildman–Crippen LogP) is 2.81. The molecule has 3 rings (SSSR count). The van der Waals surface area contributed by atoms with Crippen LogP contribution in [0.2, 0.25) is 0 Å². The quantitative estimate of drug-likeness (QED) is 0.884. The summed E-state index contributed by atoms with van der Waals surface area (Å²) in [6, 6.07) is 8.57. The molecular formula is C13H16N2O2. The predicted molar refractivity (Wildman–Crippen MR) is 66.1 cm³/mol. The van der Waals surface area contributed by atoms with Gasteiger partial charge in [0.2, 0.25) is 0 Å². The number of rotatable bonds is 3. The standard InChI is InChI=1S/C13H16N2O2/c1-9(11-7-4-8-16-11)14-13-15-10-5-2-3-6-12(10)17-13/h2-3,5-6,9,11H,4,7-8H2,1H3,(H,14,15)/t9-,11+/m1/s1. The summed E-state index contributed by atoms with van der Waals surface area (Å²) in [5.41, 5.74) is 1.70. The molecule has 4 nitrogen and oxygen atoms in total. The van der Waals surface area contributed by atoms with Gasteiger partial charge in [-0.05, 0) is 31.9 Å². The first-order valence-corrected chi connectivity index (χ1v) is 6.06. The van der Waals surface area contributed by atoms with Crippen molar-refractivity contribution in [1.82, 2.24) is 4.98 Å². The van der Waals surface area contributed by atoms with Gasteiger partial charge < -0.3 is 14.5 Å². The van der Waals surface area contributed by atoms with Crippen LogP contribution in [0.15, 0.2) is 28.7 Å². The van der Waals surface area contributed by atoms with E-state index in [0.717, 1.165) is 30.5 Å². The zero-order valence-corrected chi connectivity index (χ0v) is 9.85. The molecule has 1 aliphatic heterocycles. The third-order valence-electron chi connectivity index (χ3n) is 3.17. The molecule has 1 fully saturated rings. The number of nitrogens with zero attached hydrogens (tertiary/aromatic N) is 1. The Bertz CT molecular complexity index is 470. The van der Waals surface area contributed by atoms with Crippen molar-refractivity contribution in [2.24, 2.45) is 0 Å². The van der Waals surface area contributed by atoms with Gasteiger partial charge in [-0.3, -0.25) is 0 Å². The molecule has 1 aromatic heterocycles. The molecule has 0 aliphatic carbocycles. The largest absolute Gasteiger partial charge is 0.424 e. The number of ether oxygens (including phenoxy) is 1. The van der Waals surface area contributed by atoms with Crippen molar-refractivity contribution in [3.8, 4) is 0 Å². The summed E-state index contributed by atoms with van der Waals surface area (Å²) >= 11 is 0. The van der Waals surface area contributed by atoms with Crippen LogP contribution in [0, 0.1) is 0 Å². The molecule has 90 valence electrons. The van der Waals surface area contributed by atoms with Gasteiger partial charge in [-0.15, -0.1) is 0 Å². The van der Waals surface area contributed by atoms with E-state index in [9.17, 15) is 0 Å². The Morgan fingerprint density at radius 3 is 3.06 bits per heavy atom. The molecule has 0 saturated carbocycles. The van der Waals surface area contributed by atoms with Gasteiger partial charge in [0, 0.05) is 6.61 Å². The number of hydrogen-bond acceptors (Lipinski definition) is 4. The van der Waals surface area contributed by atoms with Crippen molar-refractivity contribution in [1.29, 1.82) is 0 Å².